The summed E-state index contributed by atoms with van der Waals surface area (Å²) in [6, 6.07) is 4.58. The third-order valence-corrected chi connectivity index (χ3v) is 5.09. The van der Waals surface area contributed by atoms with Gasteiger partial charge in [-0.1, -0.05) is 12.8 Å². The molecule has 1 aliphatic heterocycles. The van der Waals surface area contributed by atoms with Crippen LogP contribution in [0.25, 0.3) is 0 Å². The Morgan fingerprint density at radius 1 is 1.14 bits per heavy atom. The number of ether oxygens (including phenoxy) is 1. The number of hydrogen-bond acceptors (Lipinski definition) is 5. The van der Waals surface area contributed by atoms with Gasteiger partial charge >= 0.3 is 0 Å². The number of anilines is 1. The van der Waals surface area contributed by atoms with Gasteiger partial charge in [0.2, 0.25) is 0 Å². The number of piperazine rings is 1. The highest BCUT2D eigenvalue weighted by Crippen LogP contribution is 2.36. The highest BCUT2D eigenvalue weighted by molar-refractivity contribution is 5.67. The summed E-state index contributed by atoms with van der Waals surface area (Å²) in [6.07, 6.45) is 5.50. The number of methoxy groups -OCH3 is 1. The normalized spacial score (nSPS) is 20.4. The molecular weight excluding hydrogens is 278 g/mol. The fraction of sp³-hybridized carbons (Fsp3) is 0.647. The number of aryl methyl sites for hydroxylation is 1. The van der Waals surface area contributed by atoms with Crippen LogP contribution in [0, 0.1) is 11.8 Å². The molecule has 0 radical (unpaired) electrons. The van der Waals surface area contributed by atoms with Gasteiger partial charge in [-0.05, 0) is 36.6 Å². The molecule has 0 bridgehead atoms. The molecule has 0 unspecified atom stereocenters. The molecule has 2 fully saturated rings. The first-order valence-corrected chi connectivity index (χ1v) is 8.24. The van der Waals surface area contributed by atoms with Crippen LogP contribution >= 0.6 is 0 Å². The number of nitroso groups, excluding NO2 is 1. The van der Waals surface area contributed by atoms with Gasteiger partial charge in [-0.25, -0.2) is 0 Å². The van der Waals surface area contributed by atoms with E-state index in [-0.39, 0.29) is 0 Å². The smallest absolute Gasteiger partial charge is 0.144 e. The van der Waals surface area contributed by atoms with Crippen LogP contribution in [-0.4, -0.2) is 44.2 Å². The molecule has 1 aromatic carbocycles. The molecule has 0 amide bonds. The Hall–Kier alpha value is -1.62. The maximum atomic E-state index is 10.8. The van der Waals surface area contributed by atoms with Crippen LogP contribution in [0.3, 0.4) is 0 Å². The maximum Gasteiger partial charge on any atom is 0.144 e. The highest BCUT2D eigenvalue weighted by atomic mass is 16.5. The summed E-state index contributed by atoms with van der Waals surface area (Å²) >= 11 is 0. The lowest BCUT2D eigenvalue weighted by atomic mass is 10.1. The third kappa shape index (κ3) is 2.95. The van der Waals surface area contributed by atoms with E-state index in [1.54, 1.807) is 13.2 Å². The van der Waals surface area contributed by atoms with E-state index in [2.05, 4.69) is 15.0 Å². The molecule has 22 heavy (non-hydrogen) atoms. The second-order valence-corrected chi connectivity index (χ2v) is 6.36. The molecule has 1 aromatic rings. The lowest BCUT2D eigenvalue weighted by Gasteiger charge is -2.39. The average molecular weight is 303 g/mol. The Kier molecular flexibility index (Phi) is 4.62. The zero-order valence-electron chi connectivity index (χ0n) is 13.5. The minimum atomic E-state index is 0.463. The second-order valence-electron chi connectivity index (χ2n) is 6.36. The first-order chi connectivity index (χ1) is 10.7. The monoisotopic (exact) mass is 303 g/mol. The van der Waals surface area contributed by atoms with E-state index in [1.807, 2.05) is 13.0 Å². The van der Waals surface area contributed by atoms with Gasteiger partial charge in [-0.2, -0.15) is 0 Å². The van der Waals surface area contributed by atoms with E-state index in [0.717, 1.165) is 49.2 Å². The van der Waals surface area contributed by atoms with E-state index in [1.165, 1.54) is 25.7 Å². The molecule has 3 rings (SSSR count). The van der Waals surface area contributed by atoms with E-state index in [9.17, 15) is 4.91 Å². The molecule has 0 spiro atoms. The van der Waals surface area contributed by atoms with Crippen LogP contribution in [0.5, 0.6) is 5.75 Å². The van der Waals surface area contributed by atoms with Crippen LogP contribution in [0.15, 0.2) is 17.3 Å². The van der Waals surface area contributed by atoms with Gasteiger partial charge in [0.25, 0.3) is 0 Å². The number of nitrogens with zero attached hydrogens (tertiary/aromatic N) is 3. The lowest BCUT2D eigenvalue weighted by molar-refractivity contribution is 0.187. The van der Waals surface area contributed by atoms with Crippen LogP contribution in [0.2, 0.25) is 0 Å². The van der Waals surface area contributed by atoms with Crippen molar-refractivity contribution >= 4 is 11.4 Å². The summed E-state index contributed by atoms with van der Waals surface area (Å²) in [5.41, 5.74) is 2.45. The predicted octanol–water partition coefficient (Wildman–Crippen LogP) is 3.47. The van der Waals surface area contributed by atoms with Crippen molar-refractivity contribution < 1.29 is 4.74 Å². The minimum absolute atomic E-state index is 0.463. The Bertz CT molecular complexity index is 533. The van der Waals surface area contributed by atoms with Crippen LogP contribution in [0.1, 0.15) is 31.2 Å². The largest absolute Gasteiger partial charge is 0.495 e. The van der Waals surface area contributed by atoms with Crippen molar-refractivity contribution in [3.63, 3.8) is 0 Å². The quantitative estimate of drug-likeness (QED) is 0.799. The van der Waals surface area contributed by atoms with Gasteiger partial charge in [0.1, 0.15) is 11.4 Å². The number of rotatable bonds is 4. The lowest BCUT2D eigenvalue weighted by Crippen LogP contribution is -2.49. The first-order valence-electron chi connectivity index (χ1n) is 8.24. The molecule has 1 saturated heterocycles. The molecule has 1 aliphatic carbocycles. The van der Waals surface area contributed by atoms with Crippen molar-refractivity contribution in [2.75, 3.05) is 38.2 Å². The van der Waals surface area contributed by atoms with E-state index >= 15 is 0 Å². The second kappa shape index (κ2) is 6.65. The first kappa shape index (κ1) is 15.3. The molecule has 1 saturated carbocycles. The van der Waals surface area contributed by atoms with Gasteiger partial charge in [0, 0.05) is 38.3 Å². The standard InChI is InChI=1S/C17H25N3O2/c1-13-11-16(17(22-2)12-15(13)18-21)20-9-7-19(8-10-20)14-5-3-4-6-14/h11-12,14H,3-10H2,1-2H3. The fourth-order valence-corrected chi connectivity index (χ4v) is 3.77. The minimum Gasteiger partial charge on any atom is -0.495 e. The topological polar surface area (TPSA) is 45.1 Å². The van der Waals surface area contributed by atoms with Gasteiger partial charge in [-0.15, -0.1) is 4.91 Å². The molecule has 0 aromatic heterocycles. The Morgan fingerprint density at radius 3 is 2.41 bits per heavy atom. The Balaban J connectivity index is 1.72. The van der Waals surface area contributed by atoms with Crippen LogP contribution in [0.4, 0.5) is 11.4 Å². The molecule has 1 heterocycles. The Labute approximate surface area is 132 Å². The molecule has 2 aliphatic rings. The molecule has 0 atom stereocenters. The Morgan fingerprint density at radius 2 is 1.82 bits per heavy atom. The van der Waals surface area contributed by atoms with E-state index < -0.39 is 0 Å². The van der Waals surface area contributed by atoms with Crippen LogP contribution < -0.4 is 9.64 Å². The summed E-state index contributed by atoms with van der Waals surface area (Å²) in [6.45, 7) is 6.18. The summed E-state index contributed by atoms with van der Waals surface area (Å²) in [5.74, 6) is 0.745. The SMILES string of the molecule is COc1cc(N=O)c(C)cc1N1CCN(C2CCCC2)CC1. The van der Waals surface area contributed by atoms with Crippen molar-refractivity contribution in [2.45, 2.75) is 38.6 Å². The summed E-state index contributed by atoms with van der Waals surface area (Å²) in [7, 11) is 1.65. The molecule has 5 heteroatoms. The van der Waals surface area contributed by atoms with Gasteiger partial charge in [0.15, 0.2) is 0 Å². The van der Waals surface area contributed by atoms with Crippen molar-refractivity contribution in [3.8, 4) is 5.75 Å². The summed E-state index contributed by atoms with van der Waals surface area (Å²) in [5, 5.41) is 3.07. The number of benzene rings is 1. The molecule has 5 nitrogen and oxygen atoms in total. The molecule has 0 N–H and O–H groups in total. The van der Waals surface area contributed by atoms with Crippen molar-refractivity contribution in [2.24, 2.45) is 5.18 Å². The van der Waals surface area contributed by atoms with Gasteiger partial charge < -0.3 is 9.64 Å². The van der Waals surface area contributed by atoms with Crippen molar-refractivity contribution in [1.82, 2.24) is 4.90 Å². The summed E-state index contributed by atoms with van der Waals surface area (Å²) < 4.78 is 5.47. The zero-order chi connectivity index (χ0) is 15.5. The average Bonchev–Trinajstić information content (AvgIpc) is 3.09. The van der Waals surface area contributed by atoms with Crippen molar-refractivity contribution in [3.05, 3.63) is 22.6 Å². The van der Waals surface area contributed by atoms with E-state index in [4.69, 9.17) is 4.74 Å². The van der Waals surface area contributed by atoms with Crippen molar-refractivity contribution in [1.29, 1.82) is 0 Å². The predicted molar refractivity (Wildman–Crippen MR) is 89.2 cm³/mol. The van der Waals surface area contributed by atoms with Crippen LogP contribution in [-0.2, 0) is 0 Å². The molecular formula is C17H25N3O2. The molecule has 120 valence electrons. The number of hydrogen-bond donors (Lipinski definition) is 0. The highest BCUT2D eigenvalue weighted by Gasteiger charge is 2.27. The maximum absolute atomic E-state index is 10.8. The van der Waals surface area contributed by atoms with Gasteiger partial charge in [-0.3, -0.25) is 4.90 Å². The summed E-state index contributed by atoms with van der Waals surface area (Å²) in [4.78, 5) is 15.9. The van der Waals surface area contributed by atoms with E-state index in [0.29, 0.717) is 5.69 Å². The fourth-order valence-electron chi connectivity index (χ4n) is 3.77. The zero-order valence-corrected chi connectivity index (χ0v) is 13.5. The third-order valence-electron chi connectivity index (χ3n) is 5.09. The van der Waals surface area contributed by atoms with Gasteiger partial charge in [0.05, 0.1) is 12.8 Å².